The first-order chi connectivity index (χ1) is 5.78. The van der Waals surface area contributed by atoms with Gasteiger partial charge in [0, 0.05) is 5.54 Å². The first kappa shape index (κ1) is 9.54. The summed E-state index contributed by atoms with van der Waals surface area (Å²) in [6.07, 6.45) is 10.6. The van der Waals surface area contributed by atoms with Crippen molar-refractivity contribution >= 4 is 12.4 Å². The number of hydrogen-bond acceptors (Lipinski definition) is 1. The highest BCUT2D eigenvalue weighted by molar-refractivity contribution is 5.85. The van der Waals surface area contributed by atoms with Gasteiger partial charge in [-0.15, -0.1) is 12.4 Å². The van der Waals surface area contributed by atoms with Crippen molar-refractivity contribution in [3.8, 4) is 0 Å². The highest BCUT2D eigenvalue weighted by atomic mass is 35.5. The number of hydrogen-bond donors (Lipinski definition) is 1. The van der Waals surface area contributed by atoms with E-state index in [1.807, 2.05) is 0 Å². The van der Waals surface area contributed by atoms with Crippen LogP contribution in [0.15, 0.2) is 11.6 Å². The van der Waals surface area contributed by atoms with Gasteiger partial charge in [-0.25, -0.2) is 0 Å². The van der Waals surface area contributed by atoms with Gasteiger partial charge in [0.1, 0.15) is 0 Å². The minimum Gasteiger partial charge on any atom is -0.322 e. The van der Waals surface area contributed by atoms with Crippen molar-refractivity contribution in [2.45, 2.75) is 44.1 Å². The van der Waals surface area contributed by atoms with Gasteiger partial charge in [0.05, 0.1) is 0 Å². The lowest BCUT2D eigenvalue weighted by molar-refractivity contribution is 0.161. The molecule has 4 rings (SSSR count). The van der Waals surface area contributed by atoms with Crippen LogP contribution in [0.3, 0.4) is 0 Å². The Bertz CT molecular complexity index is 248. The van der Waals surface area contributed by atoms with Gasteiger partial charge >= 0.3 is 0 Å². The van der Waals surface area contributed by atoms with Crippen LogP contribution in [0.25, 0.3) is 0 Å². The number of allylic oxidation sites excluding steroid dienone is 1. The van der Waals surface area contributed by atoms with Gasteiger partial charge in [0.15, 0.2) is 0 Å². The molecular weight excluding hydrogens is 182 g/mol. The molecule has 3 unspecified atom stereocenters. The van der Waals surface area contributed by atoms with Crippen LogP contribution >= 0.6 is 12.4 Å². The first-order valence-corrected chi connectivity index (χ1v) is 5.27. The molecule has 0 radical (unpaired) electrons. The SMILES string of the molecule is Cl.NC12CCCC3CC(CC=C31)C2. The van der Waals surface area contributed by atoms with Crippen LogP contribution in [0, 0.1) is 11.8 Å². The Morgan fingerprint density at radius 2 is 2.31 bits per heavy atom. The van der Waals surface area contributed by atoms with Crippen LogP contribution in [-0.2, 0) is 0 Å². The quantitative estimate of drug-likeness (QED) is 0.597. The molecule has 13 heavy (non-hydrogen) atoms. The highest BCUT2D eigenvalue weighted by Gasteiger charge is 2.46. The fraction of sp³-hybridized carbons (Fsp3) is 0.818. The smallest absolute Gasteiger partial charge is 0.0374 e. The third-order valence-corrected chi connectivity index (χ3v) is 4.13. The van der Waals surface area contributed by atoms with Gasteiger partial charge in [-0.1, -0.05) is 18.1 Å². The minimum atomic E-state index is 0. The lowest BCUT2D eigenvalue weighted by Crippen LogP contribution is -2.53. The second-order valence-electron chi connectivity index (χ2n) is 4.95. The van der Waals surface area contributed by atoms with E-state index in [0.29, 0.717) is 0 Å². The molecule has 0 spiro atoms. The van der Waals surface area contributed by atoms with Crippen molar-refractivity contribution in [3.63, 3.8) is 0 Å². The summed E-state index contributed by atoms with van der Waals surface area (Å²) >= 11 is 0. The number of fused-ring (bicyclic) bond motifs is 1. The number of nitrogens with two attached hydrogens (primary N) is 1. The summed E-state index contributed by atoms with van der Waals surface area (Å²) in [6, 6.07) is 0. The third kappa shape index (κ3) is 1.25. The van der Waals surface area contributed by atoms with Crippen LogP contribution < -0.4 is 5.73 Å². The molecule has 4 aliphatic carbocycles. The van der Waals surface area contributed by atoms with Gasteiger partial charge in [0.25, 0.3) is 0 Å². The Labute approximate surface area is 86.2 Å². The second-order valence-corrected chi connectivity index (χ2v) is 4.95. The highest BCUT2D eigenvalue weighted by Crippen LogP contribution is 2.52. The molecular formula is C11H18ClN. The van der Waals surface area contributed by atoms with Crippen molar-refractivity contribution in [2.24, 2.45) is 17.6 Å². The number of rotatable bonds is 0. The zero-order chi connectivity index (χ0) is 8.18. The summed E-state index contributed by atoms with van der Waals surface area (Å²) in [4.78, 5) is 0. The molecule has 1 nitrogen and oxygen atoms in total. The maximum atomic E-state index is 6.42. The lowest BCUT2D eigenvalue weighted by atomic mass is 9.57. The van der Waals surface area contributed by atoms with Crippen molar-refractivity contribution in [1.82, 2.24) is 0 Å². The van der Waals surface area contributed by atoms with E-state index in [1.165, 1.54) is 38.5 Å². The van der Waals surface area contributed by atoms with Crippen molar-refractivity contribution in [2.75, 3.05) is 0 Å². The van der Waals surface area contributed by atoms with Gasteiger partial charge in [-0.3, -0.25) is 0 Å². The van der Waals surface area contributed by atoms with Crippen LogP contribution in [0.5, 0.6) is 0 Å². The molecule has 74 valence electrons. The van der Waals surface area contributed by atoms with E-state index in [1.54, 1.807) is 5.57 Å². The zero-order valence-electron chi connectivity index (χ0n) is 7.96. The maximum absolute atomic E-state index is 6.42. The molecule has 2 fully saturated rings. The molecule has 0 aromatic rings. The van der Waals surface area contributed by atoms with Gasteiger partial charge in [-0.2, -0.15) is 0 Å². The molecule has 0 amide bonds. The van der Waals surface area contributed by atoms with Gasteiger partial charge in [-0.05, 0) is 43.9 Å². The molecule has 3 atom stereocenters. The molecule has 2 saturated carbocycles. The maximum Gasteiger partial charge on any atom is 0.0374 e. The van der Waals surface area contributed by atoms with Crippen LogP contribution in [0.2, 0.25) is 0 Å². The summed E-state index contributed by atoms with van der Waals surface area (Å²) in [5.41, 5.74) is 8.21. The average Bonchev–Trinajstić information content (AvgIpc) is 2.03. The summed E-state index contributed by atoms with van der Waals surface area (Å²) in [5.74, 6) is 1.81. The minimum absolute atomic E-state index is 0. The summed E-state index contributed by atoms with van der Waals surface area (Å²) in [7, 11) is 0. The van der Waals surface area contributed by atoms with E-state index in [0.717, 1.165) is 11.8 Å². The second kappa shape index (κ2) is 2.99. The normalized spacial score (nSPS) is 46.7. The molecule has 4 aliphatic rings. The molecule has 2 N–H and O–H groups in total. The standard InChI is InChI=1S/C11H17N.ClH/c12-11-5-1-2-9-6-8(7-11)3-4-10(9)11;/h4,8-9H,1-3,5-7,12H2;1H. The first-order valence-electron chi connectivity index (χ1n) is 5.27. The fourth-order valence-corrected chi connectivity index (χ4v) is 3.68. The lowest BCUT2D eigenvalue weighted by Gasteiger charge is -2.51. The zero-order valence-corrected chi connectivity index (χ0v) is 8.78. The van der Waals surface area contributed by atoms with Gasteiger partial charge < -0.3 is 5.73 Å². The molecule has 0 aliphatic heterocycles. The molecule has 0 aromatic carbocycles. The topological polar surface area (TPSA) is 26.0 Å². The Hall–Kier alpha value is -0.0100. The van der Waals surface area contributed by atoms with E-state index in [-0.39, 0.29) is 17.9 Å². The predicted molar refractivity (Wildman–Crippen MR) is 56.9 cm³/mol. The molecule has 2 heteroatoms. The third-order valence-electron chi connectivity index (χ3n) is 4.13. The molecule has 0 saturated heterocycles. The van der Waals surface area contributed by atoms with E-state index in [9.17, 15) is 0 Å². The Kier molecular flexibility index (Phi) is 2.20. The Morgan fingerprint density at radius 1 is 1.46 bits per heavy atom. The molecule has 0 aromatic heterocycles. The summed E-state index contributed by atoms with van der Waals surface area (Å²) < 4.78 is 0. The van der Waals surface area contributed by atoms with E-state index in [4.69, 9.17) is 5.73 Å². The Morgan fingerprint density at radius 3 is 2.92 bits per heavy atom. The largest absolute Gasteiger partial charge is 0.322 e. The van der Waals surface area contributed by atoms with Crippen molar-refractivity contribution in [3.05, 3.63) is 11.6 Å². The van der Waals surface area contributed by atoms with Crippen LogP contribution in [-0.4, -0.2) is 5.54 Å². The summed E-state index contributed by atoms with van der Waals surface area (Å²) in [6.45, 7) is 0. The fourth-order valence-electron chi connectivity index (χ4n) is 3.68. The Balaban J connectivity index is 0.000000653. The van der Waals surface area contributed by atoms with Gasteiger partial charge in [0.2, 0.25) is 0 Å². The van der Waals surface area contributed by atoms with Crippen molar-refractivity contribution in [1.29, 1.82) is 0 Å². The molecule has 4 bridgehead atoms. The van der Waals surface area contributed by atoms with Crippen LogP contribution in [0.4, 0.5) is 0 Å². The monoisotopic (exact) mass is 199 g/mol. The van der Waals surface area contributed by atoms with Crippen LogP contribution in [0.1, 0.15) is 38.5 Å². The van der Waals surface area contributed by atoms with E-state index < -0.39 is 0 Å². The average molecular weight is 200 g/mol. The van der Waals surface area contributed by atoms with E-state index >= 15 is 0 Å². The predicted octanol–water partition coefficient (Wildman–Crippen LogP) is 2.65. The van der Waals surface area contributed by atoms with Crippen molar-refractivity contribution < 1.29 is 0 Å². The molecule has 0 heterocycles. The number of halogens is 1. The summed E-state index contributed by atoms with van der Waals surface area (Å²) in [5, 5.41) is 0. The van der Waals surface area contributed by atoms with E-state index in [2.05, 4.69) is 6.08 Å².